The molecule has 0 fully saturated rings. The van der Waals surface area contributed by atoms with E-state index in [1.54, 1.807) is 31.2 Å². The van der Waals surface area contributed by atoms with Gasteiger partial charge >= 0.3 is 5.97 Å². The van der Waals surface area contributed by atoms with Crippen molar-refractivity contribution < 1.29 is 28.3 Å². The van der Waals surface area contributed by atoms with E-state index in [0.717, 1.165) is 0 Å². The normalized spacial score (nSPS) is 13.9. The maximum Gasteiger partial charge on any atom is 0.363 e. The first-order chi connectivity index (χ1) is 17.3. The monoisotopic (exact) mass is 530 g/mol. The van der Waals surface area contributed by atoms with E-state index in [0.29, 0.717) is 17.7 Å². The third-order valence-electron chi connectivity index (χ3n) is 4.98. The van der Waals surface area contributed by atoms with Gasteiger partial charge in [0.15, 0.2) is 17.2 Å². The first kappa shape index (κ1) is 25.2. The molecule has 1 heterocycles. The lowest BCUT2D eigenvalue weighted by atomic mass is 10.1. The Morgan fingerprint density at radius 1 is 1.11 bits per heavy atom. The molecule has 3 aromatic carbocycles. The summed E-state index contributed by atoms with van der Waals surface area (Å²) in [6.07, 6.45) is 1.43. The molecule has 3 aromatic rings. The molecule has 0 atom stereocenters. The van der Waals surface area contributed by atoms with Crippen LogP contribution in [0.15, 0.2) is 65.3 Å². The predicted molar refractivity (Wildman–Crippen MR) is 132 cm³/mol. The number of esters is 1. The largest absolute Gasteiger partial charge is 0.490 e. The minimum absolute atomic E-state index is 0.0545. The van der Waals surface area contributed by atoms with Gasteiger partial charge in [0.2, 0.25) is 5.90 Å². The molecule has 0 saturated carbocycles. The Balaban J connectivity index is 1.63. The van der Waals surface area contributed by atoms with Gasteiger partial charge in [0.05, 0.1) is 16.6 Å². The lowest BCUT2D eigenvalue weighted by Crippen LogP contribution is -2.06. The van der Waals surface area contributed by atoms with Gasteiger partial charge in [0, 0.05) is 17.2 Å². The van der Waals surface area contributed by atoms with Crippen LogP contribution < -0.4 is 9.47 Å². The maximum absolute atomic E-state index is 14.0. The molecular formula is C25H17Cl2FN2O6. The fourth-order valence-electron chi connectivity index (χ4n) is 3.32. The number of nitro benzene ring substituents is 1. The minimum Gasteiger partial charge on any atom is -0.490 e. The minimum atomic E-state index is -0.753. The highest BCUT2D eigenvalue weighted by Crippen LogP contribution is 2.38. The SMILES string of the molecule is CCOc1cc(/C=C2\N=C(c3ccc(Cl)c([N+](=O)[O-])c3)OC2=O)cc(Cl)c1OCc1ccccc1F. The molecule has 0 aromatic heterocycles. The molecule has 184 valence electrons. The second-order valence-corrected chi connectivity index (χ2v) is 8.22. The van der Waals surface area contributed by atoms with Crippen LogP contribution in [0.5, 0.6) is 11.5 Å². The van der Waals surface area contributed by atoms with Crippen molar-refractivity contribution in [2.24, 2.45) is 4.99 Å². The summed E-state index contributed by atoms with van der Waals surface area (Å²) >= 11 is 12.3. The van der Waals surface area contributed by atoms with E-state index in [9.17, 15) is 19.3 Å². The average Bonchev–Trinajstić information content (AvgIpc) is 3.20. The van der Waals surface area contributed by atoms with Crippen LogP contribution in [0.25, 0.3) is 6.08 Å². The number of benzene rings is 3. The number of cyclic esters (lactones) is 1. The highest BCUT2D eigenvalue weighted by atomic mass is 35.5. The molecule has 0 saturated heterocycles. The zero-order valence-electron chi connectivity index (χ0n) is 18.7. The number of ether oxygens (including phenoxy) is 3. The van der Waals surface area contributed by atoms with E-state index in [-0.39, 0.29) is 51.0 Å². The van der Waals surface area contributed by atoms with Gasteiger partial charge in [0.1, 0.15) is 17.4 Å². The Labute approximate surface area is 214 Å². The van der Waals surface area contributed by atoms with Crippen LogP contribution in [0.4, 0.5) is 10.1 Å². The molecule has 4 rings (SSSR count). The zero-order chi connectivity index (χ0) is 25.8. The molecule has 0 unspecified atom stereocenters. The molecular weight excluding hydrogens is 514 g/mol. The molecule has 36 heavy (non-hydrogen) atoms. The van der Waals surface area contributed by atoms with Crippen molar-refractivity contribution in [1.29, 1.82) is 0 Å². The molecule has 0 N–H and O–H groups in total. The molecule has 1 aliphatic rings. The van der Waals surface area contributed by atoms with Crippen LogP contribution in [0.1, 0.15) is 23.6 Å². The van der Waals surface area contributed by atoms with Gasteiger partial charge in [-0.25, -0.2) is 14.2 Å². The van der Waals surface area contributed by atoms with Crippen LogP contribution in [-0.2, 0) is 16.1 Å². The smallest absolute Gasteiger partial charge is 0.363 e. The molecule has 0 amide bonds. The highest BCUT2D eigenvalue weighted by Gasteiger charge is 2.26. The highest BCUT2D eigenvalue weighted by molar-refractivity contribution is 6.33. The summed E-state index contributed by atoms with van der Waals surface area (Å²) in [5.41, 5.74) is 0.624. The molecule has 0 aliphatic carbocycles. The van der Waals surface area contributed by atoms with Crippen LogP contribution >= 0.6 is 23.2 Å². The molecule has 8 nitrogen and oxygen atoms in total. The molecule has 0 bridgehead atoms. The summed E-state index contributed by atoms with van der Waals surface area (Å²) in [6.45, 7) is 2.00. The Morgan fingerprint density at radius 2 is 1.89 bits per heavy atom. The van der Waals surface area contributed by atoms with Crippen molar-refractivity contribution in [3.05, 3.63) is 103 Å². The first-order valence-corrected chi connectivity index (χ1v) is 11.3. The lowest BCUT2D eigenvalue weighted by Gasteiger charge is -2.15. The number of hydrogen-bond acceptors (Lipinski definition) is 7. The van der Waals surface area contributed by atoms with Crippen LogP contribution in [-0.4, -0.2) is 23.4 Å². The topological polar surface area (TPSA) is 100 Å². The van der Waals surface area contributed by atoms with Crippen molar-refractivity contribution >= 4 is 46.8 Å². The number of carbonyl (C=O) groups excluding carboxylic acids is 1. The van der Waals surface area contributed by atoms with Gasteiger partial charge in [-0.05, 0) is 48.9 Å². The lowest BCUT2D eigenvalue weighted by molar-refractivity contribution is -0.384. The van der Waals surface area contributed by atoms with Gasteiger partial charge < -0.3 is 14.2 Å². The summed E-state index contributed by atoms with van der Waals surface area (Å²) in [6, 6.07) is 13.3. The first-order valence-electron chi connectivity index (χ1n) is 10.6. The number of nitrogens with zero attached hydrogens (tertiary/aromatic N) is 2. The summed E-state index contributed by atoms with van der Waals surface area (Å²) < 4.78 is 30.5. The van der Waals surface area contributed by atoms with E-state index in [1.165, 1.54) is 36.4 Å². The van der Waals surface area contributed by atoms with E-state index in [2.05, 4.69) is 4.99 Å². The number of hydrogen-bond donors (Lipinski definition) is 0. The second kappa shape index (κ2) is 10.8. The molecule has 0 spiro atoms. The van der Waals surface area contributed by atoms with Crippen molar-refractivity contribution in [1.82, 2.24) is 0 Å². The van der Waals surface area contributed by atoms with Gasteiger partial charge in [-0.3, -0.25) is 10.1 Å². The number of rotatable bonds is 8. The van der Waals surface area contributed by atoms with Crippen LogP contribution in [0, 0.1) is 15.9 Å². The summed E-state index contributed by atoms with van der Waals surface area (Å²) in [7, 11) is 0. The average molecular weight is 531 g/mol. The fourth-order valence-corrected chi connectivity index (χ4v) is 3.78. The van der Waals surface area contributed by atoms with E-state index < -0.39 is 16.7 Å². The van der Waals surface area contributed by atoms with Gasteiger partial charge in [-0.15, -0.1) is 0 Å². The number of nitro groups is 1. The van der Waals surface area contributed by atoms with Gasteiger partial charge in [-0.2, -0.15) is 0 Å². The maximum atomic E-state index is 14.0. The van der Waals surface area contributed by atoms with Gasteiger partial charge in [0.25, 0.3) is 5.69 Å². The van der Waals surface area contributed by atoms with Crippen molar-refractivity contribution in [2.45, 2.75) is 13.5 Å². The Bertz CT molecular complexity index is 1420. The summed E-state index contributed by atoms with van der Waals surface area (Å²) in [5.74, 6) is -0.761. The third-order valence-corrected chi connectivity index (χ3v) is 5.58. The van der Waals surface area contributed by atoms with Crippen molar-refractivity contribution in [2.75, 3.05) is 6.61 Å². The fraction of sp³-hybridized carbons (Fsp3) is 0.120. The Kier molecular flexibility index (Phi) is 7.52. The molecule has 0 radical (unpaired) electrons. The van der Waals surface area contributed by atoms with Crippen LogP contribution in [0.3, 0.4) is 0 Å². The molecule has 1 aliphatic heterocycles. The van der Waals surface area contributed by atoms with Gasteiger partial charge in [-0.1, -0.05) is 41.4 Å². The quantitative estimate of drug-likeness (QED) is 0.145. The van der Waals surface area contributed by atoms with Crippen molar-refractivity contribution in [3.63, 3.8) is 0 Å². The zero-order valence-corrected chi connectivity index (χ0v) is 20.2. The standard InChI is InChI=1S/C25H17Cl2FN2O6/c1-2-34-22-11-14(9-18(27)23(22)35-13-16-5-3-4-6-19(16)28)10-20-25(31)36-24(29-20)15-7-8-17(26)21(12-15)30(32)33/h3-12H,2,13H2,1H3/b20-10-. The summed E-state index contributed by atoms with van der Waals surface area (Å²) in [5, 5.41) is 11.3. The predicted octanol–water partition coefficient (Wildman–Crippen LogP) is 6.36. The van der Waals surface area contributed by atoms with Crippen molar-refractivity contribution in [3.8, 4) is 11.5 Å². The van der Waals surface area contributed by atoms with E-state index in [1.807, 2.05) is 0 Å². The Hall–Kier alpha value is -3.95. The molecule has 11 heteroatoms. The van der Waals surface area contributed by atoms with Crippen LogP contribution in [0.2, 0.25) is 10.0 Å². The van der Waals surface area contributed by atoms with E-state index >= 15 is 0 Å². The second-order valence-electron chi connectivity index (χ2n) is 7.40. The van der Waals surface area contributed by atoms with E-state index in [4.69, 9.17) is 37.4 Å². The number of halogens is 3. The number of carbonyl (C=O) groups is 1. The summed E-state index contributed by atoms with van der Waals surface area (Å²) in [4.78, 5) is 27.1. The third kappa shape index (κ3) is 5.48. The Morgan fingerprint density at radius 3 is 2.61 bits per heavy atom. The number of aliphatic imine (C=N–C) groups is 1.